The third kappa shape index (κ3) is 5.94. The maximum absolute atomic E-state index is 10.9. The smallest absolute Gasteiger partial charge is 0.306 e. The highest BCUT2D eigenvalue weighted by Crippen LogP contribution is 2.19. The Balaban J connectivity index is 1.85. The minimum absolute atomic E-state index is 0.00490. The number of cyclic esters (lactones) is 1. The largest absolute Gasteiger partial charge is 0.462 e. The molecule has 0 aromatic carbocycles. The number of unbranched alkanes of at least 4 members (excludes halogenated alkanes) is 4. The van der Waals surface area contributed by atoms with Crippen molar-refractivity contribution in [3.63, 3.8) is 0 Å². The predicted molar refractivity (Wildman–Crippen MR) is 66.2 cm³/mol. The third-order valence-electron chi connectivity index (χ3n) is 3.02. The highest BCUT2D eigenvalue weighted by molar-refractivity contribution is 5.71. The van der Waals surface area contributed by atoms with E-state index in [1.807, 2.05) is 0 Å². The zero-order valence-electron chi connectivity index (χ0n) is 10.4. The molecular weight excluding hydrogens is 200 g/mol. The molecule has 1 saturated heterocycles. The zero-order valence-corrected chi connectivity index (χ0v) is 10.4. The van der Waals surface area contributed by atoms with Gasteiger partial charge in [-0.3, -0.25) is 4.79 Å². The lowest BCUT2D eigenvalue weighted by Gasteiger charge is -2.07. The molecule has 92 valence electrons. The summed E-state index contributed by atoms with van der Waals surface area (Å²) in [7, 11) is 0. The van der Waals surface area contributed by atoms with Crippen LogP contribution in [-0.4, -0.2) is 12.1 Å². The molecule has 0 bridgehead atoms. The van der Waals surface area contributed by atoms with Crippen molar-refractivity contribution < 1.29 is 9.53 Å². The molecule has 0 N–H and O–H groups in total. The number of carbonyl (C=O) groups excluding carboxylic acids is 1. The SMILES string of the molecule is CCC=CCCCCCC[C@@H]1CCC(=O)O1. The summed E-state index contributed by atoms with van der Waals surface area (Å²) in [6.45, 7) is 2.17. The van der Waals surface area contributed by atoms with Crippen molar-refractivity contribution in [2.45, 2.75) is 70.8 Å². The standard InChI is InChI=1S/C14H24O2/c1-2-3-4-5-6-7-8-9-10-13-11-12-14(15)16-13/h3-4,13H,2,5-12H2,1H3/t13-/m1/s1. The topological polar surface area (TPSA) is 26.3 Å². The van der Waals surface area contributed by atoms with Gasteiger partial charge < -0.3 is 4.74 Å². The van der Waals surface area contributed by atoms with Crippen LogP contribution in [-0.2, 0) is 9.53 Å². The molecule has 0 unspecified atom stereocenters. The van der Waals surface area contributed by atoms with Gasteiger partial charge in [-0.1, -0.05) is 31.9 Å². The molecule has 1 aliphatic heterocycles. The number of ether oxygens (including phenoxy) is 1. The van der Waals surface area contributed by atoms with E-state index in [1.54, 1.807) is 0 Å². The molecule has 1 atom stereocenters. The number of allylic oxidation sites excluding steroid dienone is 2. The van der Waals surface area contributed by atoms with E-state index in [2.05, 4.69) is 19.1 Å². The second-order valence-corrected chi connectivity index (χ2v) is 4.52. The van der Waals surface area contributed by atoms with Crippen molar-refractivity contribution in [3.8, 4) is 0 Å². The number of rotatable bonds is 8. The predicted octanol–water partition coefficient (Wildman–Crippen LogP) is 4.00. The Morgan fingerprint density at radius 2 is 2.06 bits per heavy atom. The van der Waals surface area contributed by atoms with E-state index in [4.69, 9.17) is 4.74 Å². The normalized spacial score (nSPS) is 20.6. The van der Waals surface area contributed by atoms with Crippen molar-refractivity contribution in [3.05, 3.63) is 12.2 Å². The summed E-state index contributed by atoms with van der Waals surface area (Å²) in [5.74, 6) is -0.00490. The molecule has 0 aromatic rings. The Kier molecular flexibility index (Phi) is 6.95. The highest BCUT2D eigenvalue weighted by atomic mass is 16.5. The fourth-order valence-electron chi connectivity index (χ4n) is 2.06. The van der Waals surface area contributed by atoms with Crippen molar-refractivity contribution in [2.24, 2.45) is 0 Å². The molecule has 16 heavy (non-hydrogen) atoms. The van der Waals surface area contributed by atoms with Gasteiger partial charge in [0.15, 0.2) is 0 Å². The molecule has 0 radical (unpaired) electrons. The van der Waals surface area contributed by atoms with E-state index >= 15 is 0 Å². The Morgan fingerprint density at radius 3 is 2.75 bits per heavy atom. The van der Waals surface area contributed by atoms with Gasteiger partial charge in [0.05, 0.1) is 0 Å². The molecule has 0 amide bonds. The molecule has 0 aromatic heterocycles. The minimum Gasteiger partial charge on any atom is -0.462 e. The summed E-state index contributed by atoms with van der Waals surface area (Å²) < 4.78 is 5.17. The fraction of sp³-hybridized carbons (Fsp3) is 0.786. The first-order chi connectivity index (χ1) is 7.83. The van der Waals surface area contributed by atoms with Gasteiger partial charge in [-0.2, -0.15) is 0 Å². The van der Waals surface area contributed by atoms with E-state index in [-0.39, 0.29) is 12.1 Å². The van der Waals surface area contributed by atoms with Crippen LogP contribution in [0, 0.1) is 0 Å². The first-order valence-corrected chi connectivity index (χ1v) is 6.67. The Morgan fingerprint density at radius 1 is 1.25 bits per heavy atom. The van der Waals surface area contributed by atoms with E-state index in [1.165, 1.54) is 32.1 Å². The van der Waals surface area contributed by atoms with Crippen LogP contribution < -0.4 is 0 Å². The van der Waals surface area contributed by atoms with Gasteiger partial charge >= 0.3 is 5.97 Å². The lowest BCUT2D eigenvalue weighted by atomic mass is 10.1. The molecular formula is C14H24O2. The van der Waals surface area contributed by atoms with Crippen molar-refractivity contribution >= 4 is 5.97 Å². The van der Waals surface area contributed by atoms with Crippen molar-refractivity contribution in [1.82, 2.24) is 0 Å². The van der Waals surface area contributed by atoms with E-state index < -0.39 is 0 Å². The highest BCUT2D eigenvalue weighted by Gasteiger charge is 2.22. The quantitative estimate of drug-likeness (QED) is 0.354. The fourth-order valence-corrected chi connectivity index (χ4v) is 2.06. The molecule has 1 heterocycles. The molecule has 1 fully saturated rings. The summed E-state index contributed by atoms with van der Waals surface area (Å²) in [6.07, 6.45) is 14.8. The van der Waals surface area contributed by atoms with Crippen LogP contribution in [0.25, 0.3) is 0 Å². The van der Waals surface area contributed by atoms with Crippen LogP contribution in [0.5, 0.6) is 0 Å². The van der Waals surface area contributed by atoms with Crippen LogP contribution in [0.3, 0.4) is 0 Å². The molecule has 1 aliphatic rings. The number of hydrogen-bond donors (Lipinski definition) is 0. The lowest BCUT2D eigenvalue weighted by Crippen LogP contribution is -2.06. The Labute approximate surface area is 99.1 Å². The van der Waals surface area contributed by atoms with Gasteiger partial charge in [0, 0.05) is 6.42 Å². The first kappa shape index (κ1) is 13.3. The zero-order chi connectivity index (χ0) is 11.6. The summed E-state index contributed by atoms with van der Waals surface area (Å²) >= 11 is 0. The van der Waals surface area contributed by atoms with Crippen molar-refractivity contribution in [1.29, 1.82) is 0 Å². The molecule has 2 heteroatoms. The van der Waals surface area contributed by atoms with Crippen LogP contribution in [0.4, 0.5) is 0 Å². The van der Waals surface area contributed by atoms with Crippen molar-refractivity contribution in [2.75, 3.05) is 0 Å². The number of esters is 1. The van der Waals surface area contributed by atoms with E-state index in [9.17, 15) is 4.79 Å². The van der Waals surface area contributed by atoms with Gasteiger partial charge in [0.1, 0.15) is 6.10 Å². The van der Waals surface area contributed by atoms with Crippen LogP contribution in [0.2, 0.25) is 0 Å². The third-order valence-corrected chi connectivity index (χ3v) is 3.02. The average Bonchev–Trinajstić information content (AvgIpc) is 2.68. The van der Waals surface area contributed by atoms with E-state index in [0.717, 1.165) is 19.3 Å². The Bertz CT molecular complexity index is 221. The maximum Gasteiger partial charge on any atom is 0.306 e. The lowest BCUT2D eigenvalue weighted by molar-refractivity contribution is -0.141. The molecule has 0 spiro atoms. The molecule has 0 aliphatic carbocycles. The van der Waals surface area contributed by atoms with Crippen LogP contribution in [0.1, 0.15) is 64.7 Å². The molecule has 0 saturated carbocycles. The van der Waals surface area contributed by atoms with Gasteiger partial charge in [-0.15, -0.1) is 0 Å². The van der Waals surface area contributed by atoms with Gasteiger partial charge in [-0.25, -0.2) is 0 Å². The Hall–Kier alpha value is -0.790. The summed E-state index contributed by atoms with van der Waals surface area (Å²) in [5.41, 5.74) is 0. The molecule has 1 rings (SSSR count). The van der Waals surface area contributed by atoms with E-state index in [0.29, 0.717) is 6.42 Å². The second-order valence-electron chi connectivity index (χ2n) is 4.52. The van der Waals surface area contributed by atoms with Crippen LogP contribution in [0.15, 0.2) is 12.2 Å². The van der Waals surface area contributed by atoms with Gasteiger partial charge in [0.25, 0.3) is 0 Å². The first-order valence-electron chi connectivity index (χ1n) is 6.67. The maximum atomic E-state index is 10.9. The number of carbonyl (C=O) groups is 1. The monoisotopic (exact) mass is 224 g/mol. The van der Waals surface area contributed by atoms with Gasteiger partial charge in [-0.05, 0) is 38.5 Å². The average molecular weight is 224 g/mol. The molecule has 2 nitrogen and oxygen atoms in total. The second kappa shape index (κ2) is 8.37. The van der Waals surface area contributed by atoms with Gasteiger partial charge in [0.2, 0.25) is 0 Å². The summed E-state index contributed by atoms with van der Waals surface area (Å²) in [4.78, 5) is 10.9. The minimum atomic E-state index is -0.00490. The number of hydrogen-bond acceptors (Lipinski definition) is 2. The summed E-state index contributed by atoms with van der Waals surface area (Å²) in [5, 5.41) is 0. The van der Waals surface area contributed by atoms with Crippen LogP contribution >= 0.6 is 0 Å². The summed E-state index contributed by atoms with van der Waals surface area (Å²) in [6, 6.07) is 0.